The standard InChI is InChI=1S/C19H26F3N3O2/c1-12(2)17(23)18(27)24-11-16(26)25-10-6-5-9-15(25)13-7-3-4-8-14(13)19(20,21)22/h3-4,7-8,12,15,17H,5-6,9-11,23H2,1-2H3,(H,24,27)/t15?,17-/m0/s1. The van der Waals surface area contributed by atoms with Gasteiger partial charge in [-0.15, -0.1) is 0 Å². The molecule has 0 spiro atoms. The number of piperidine rings is 1. The zero-order chi connectivity index (χ0) is 20.2. The van der Waals surface area contributed by atoms with Crippen LogP contribution in [0.2, 0.25) is 0 Å². The van der Waals surface area contributed by atoms with Crippen molar-refractivity contribution in [1.29, 1.82) is 0 Å². The highest BCUT2D eigenvalue weighted by molar-refractivity contribution is 5.87. The summed E-state index contributed by atoms with van der Waals surface area (Å²) in [5.41, 5.74) is 5.13. The predicted molar refractivity (Wildman–Crippen MR) is 95.6 cm³/mol. The molecule has 1 aliphatic rings. The lowest BCUT2D eigenvalue weighted by Gasteiger charge is -2.37. The van der Waals surface area contributed by atoms with Crippen molar-refractivity contribution in [2.45, 2.75) is 51.4 Å². The van der Waals surface area contributed by atoms with Crippen molar-refractivity contribution in [3.8, 4) is 0 Å². The molecular formula is C19H26F3N3O2. The minimum Gasteiger partial charge on any atom is -0.346 e. The Morgan fingerprint density at radius 1 is 1.26 bits per heavy atom. The third kappa shape index (κ3) is 5.22. The van der Waals surface area contributed by atoms with Gasteiger partial charge in [0, 0.05) is 6.54 Å². The molecule has 27 heavy (non-hydrogen) atoms. The number of alkyl halides is 3. The van der Waals surface area contributed by atoms with Crippen LogP contribution in [0.25, 0.3) is 0 Å². The molecule has 0 radical (unpaired) electrons. The van der Waals surface area contributed by atoms with E-state index in [1.165, 1.54) is 17.0 Å². The second kappa shape index (κ2) is 8.73. The fourth-order valence-electron chi connectivity index (χ4n) is 3.28. The van der Waals surface area contributed by atoms with Crippen molar-refractivity contribution in [2.24, 2.45) is 11.7 Å². The van der Waals surface area contributed by atoms with E-state index in [1.54, 1.807) is 19.9 Å². The van der Waals surface area contributed by atoms with Crippen LogP contribution in [-0.2, 0) is 15.8 Å². The number of hydrogen-bond donors (Lipinski definition) is 2. The number of halogens is 3. The molecule has 1 fully saturated rings. The van der Waals surface area contributed by atoms with Gasteiger partial charge >= 0.3 is 6.18 Å². The van der Waals surface area contributed by atoms with E-state index in [4.69, 9.17) is 5.73 Å². The summed E-state index contributed by atoms with van der Waals surface area (Å²) in [6.07, 6.45) is -2.57. The Balaban J connectivity index is 2.16. The number of benzene rings is 1. The molecule has 1 heterocycles. The molecular weight excluding hydrogens is 359 g/mol. The highest BCUT2D eigenvalue weighted by Gasteiger charge is 2.38. The molecule has 0 saturated carbocycles. The number of hydrogen-bond acceptors (Lipinski definition) is 3. The Kier molecular flexibility index (Phi) is 6.86. The first-order valence-electron chi connectivity index (χ1n) is 9.11. The molecule has 0 aliphatic carbocycles. The van der Waals surface area contributed by atoms with Gasteiger partial charge in [-0.05, 0) is 36.8 Å². The summed E-state index contributed by atoms with van der Waals surface area (Å²) in [6, 6.07) is 3.96. The Bertz CT molecular complexity index is 676. The Labute approximate surface area is 157 Å². The van der Waals surface area contributed by atoms with Gasteiger partial charge in [0.1, 0.15) is 0 Å². The minimum absolute atomic E-state index is 0.0819. The second-order valence-corrected chi connectivity index (χ2v) is 7.17. The third-order valence-electron chi connectivity index (χ3n) is 4.88. The van der Waals surface area contributed by atoms with E-state index in [1.807, 2.05) is 0 Å². The fourth-order valence-corrected chi connectivity index (χ4v) is 3.28. The van der Waals surface area contributed by atoms with Gasteiger partial charge in [-0.3, -0.25) is 9.59 Å². The zero-order valence-corrected chi connectivity index (χ0v) is 15.6. The SMILES string of the molecule is CC(C)[C@H](N)C(=O)NCC(=O)N1CCCCC1c1ccccc1C(F)(F)F. The summed E-state index contributed by atoms with van der Waals surface area (Å²) >= 11 is 0. The molecule has 0 aromatic heterocycles. The molecule has 1 aromatic carbocycles. The van der Waals surface area contributed by atoms with Crippen molar-refractivity contribution in [2.75, 3.05) is 13.1 Å². The maximum absolute atomic E-state index is 13.4. The van der Waals surface area contributed by atoms with E-state index < -0.39 is 35.6 Å². The van der Waals surface area contributed by atoms with Crippen LogP contribution in [0.15, 0.2) is 24.3 Å². The van der Waals surface area contributed by atoms with Crippen molar-refractivity contribution in [1.82, 2.24) is 10.2 Å². The van der Waals surface area contributed by atoms with E-state index in [-0.39, 0.29) is 18.0 Å². The highest BCUT2D eigenvalue weighted by atomic mass is 19.4. The van der Waals surface area contributed by atoms with E-state index in [0.717, 1.165) is 18.9 Å². The first-order chi connectivity index (χ1) is 12.6. The molecule has 1 aromatic rings. The van der Waals surface area contributed by atoms with Gasteiger partial charge in [0.2, 0.25) is 11.8 Å². The molecule has 150 valence electrons. The maximum Gasteiger partial charge on any atom is 0.416 e. The molecule has 3 N–H and O–H groups in total. The third-order valence-corrected chi connectivity index (χ3v) is 4.88. The molecule has 1 saturated heterocycles. The van der Waals surface area contributed by atoms with Crippen LogP contribution in [0, 0.1) is 5.92 Å². The molecule has 5 nitrogen and oxygen atoms in total. The van der Waals surface area contributed by atoms with E-state index in [9.17, 15) is 22.8 Å². The fraction of sp³-hybridized carbons (Fsp3) is 0.579. The zero-order valence-electron chi connectivity index (χ0n) is 15.6. The van der Waals surface area contributed by atoms with Crippen LogP contribution in [0.5, 0.6) is 0 Å². The average molecular weight is 385 g/mol. The van der Waals surface area contributed by atoms with Crippen molar-refractivity contribution < 1.29 is 22.8 Å². The lowest BCUT2D eigenvalue weighted by Crippen LogP contribution is -2.49. The molecule has 2 amide bonds. The van der Waals surface area contributed by atoms with Crippen molar-refractivity contribution >= 4 is 11.8 Å². The summed E-state index contributed by atoms with van der Waals surface area (Å²) < 4.78 is 40.1. The normalized spacial score (nSPS) is 19.1. The van der Waals surface area contributed by atoms with Gasteiger partial charge in [-0.25, -0.2) is 0 Å². The number of nitrogens with one attached hydrogen (secondary N) is 1. The quantitative estimate of drug-likeness (QED) is 0.818. The Morgan fingerprint density at radius 2 is 1.93 bits per heavy atom. The first kappa shape index (κ1) is 21.2. The Morgan fingerprint density at radius 3 is 2.56 bits per heavy atom. The molecule has 8 heteroatoms. The summed E-state index contributed by atoms with van der Waals surface area (Å²) in [4.78, 5) is 26.0. The lowest BCUT2D eigenvalue weighted by molar-refractivity contribution is -0.141. The first-order valence-corrected chi connectivity index (χ1v) is 9.11. The predicted octanol–water partition coefficient (Wildman–Crippen LogP) is 2.86. The molecule has 1 aliphatic heterocycles. The van der Waals surface area contributed by atoms with E-state index in [2.05, 4.69) is 5.32 Å². The monoisotopic (exact) mass is 385 g/mol. The van der Waals surface area contributed by atoms with Gasteiger partial charge in [0.25, 0.3) is 0 Å². The molecule has 0 bridgehead atoms. The largest absolute Gasteiger partial charge is 0.416 e. The van der Waals surface area contributed by atoms with Crippen LogP contribution in [0.4, 0.5) is 13.2 Å². The van der Waals surface area contributed by atoms with Gasteiger partial charge in [-0.2, -0.15) is 13.2 Å². The van der Waals surface area contributed by atoms with Crippen LogP contribution >= 0.6 is 0 Å². The van der Waals surface area contributed by atoms with E-state index in [0.29, 0.717) is 13.0 Å². The van der Waals surface area contributed by atoms with Crippen LogP contribution in [-0.4, -0.2) is 35.8 Å². The van der Waals surface area contributed by atoms with Gasteiger partial charge in [0.15, 0.2) is 0 Å². The number of carbonyl (C=O) groups is 2. The lowest BCUT2D eigenvalue weighted by atomic mass is 9.91. The number of amides is 2. The number of likely N-dealkylation sites (tertiary alicyclic amines) is 1. The van der Waals surface area contributed by atoms with Crippen molar-refractivity contribution in [3.63, 3.8) is 0 Å². The van der Waals surface area contributed by atoms with Gasteiger partial charge < -0.3 is 16.0 Å². The molecule has 2 rings (SSSR count). The highest BCUT2D eigenvalue weighted by Crippen LogP contribution is 2.39. The summed E-state index contributed by atoms with van der Waals surface area (Å²) in [5, 5.41) is 2.50. The molecule has 2 atom stereocenters. The van der Waals surface area contributed by atoms with Gasteiger partial charge in [0.05, 0.1) is 24.2 Å². The van der Waals surface area contributed by atoms with E-state index >= 15 is 0 Å². The van der Waals surface area contributed by atoms with Crippen molar-refractivity contribution in [3.05, 3.63) is 35.4 Å². The second-order valence-electron chi connectivity index (χ2n) is 7.17. The summed E-state index contributed by atoms with van der Waals surface area (Å²) in [5.74, 6) is -0.926. The topological polar surface area (TPSA) is 75.4 Å². The average Bonchev–Trinajstić information content (AvgIpc) is 2.64. The number of nitrogens with zero attached hydrogens (tertiary/aromatic N) is 1. The van der Waals surface area contributed by atoms with Crippen LogP contribution in [0.3, 0.4) is 0 Å². The smallest absolute Gasteiger partial charge is 0.346 e. The van der Waals surface area contributed by atoms with Crippen LogP contribution < -0.4 is 11.1 Å². The van der Waals surface area contributed by atoms with Gasteiger partial charge in [-0.1, -0.05) is 32.0 Å². The van der Waals surface area contributed by atoms with Crippen LogP contribution in [0.1, 0.15) is 50.3 Å². The minimum atomic E-state index is -4.49. The number of carbonyl (C=O) groups excluding carboxylic acids is 2. The Hall–Kier alpha value is -2.09. The summed E-state index contributed by atoms with van der Waals surface area (Å²) in [7, 11) is 0. The number of nitrogens with two attached hydrogens (primary N) is 1. The molecule has 1 unspecified atom stereocenters. The summed E-state index contributed by atoms with van der Waals surface area (Å²) in [6.45, 7) is 3.67. The number of rotatable bonds is 5. The maximum atomic E-state index is 13.4.